The number of hydrogen-bond donors (Lipinski definition) is 2. The van der Waals surface area contributed by atoms with Crippen LogP contribution in [0.2, 0.25) is 0 Å². The maximum Gasteiger partial charge on any atom is 0.472 e. The lowest BCUT2D eigenvalue weighted by Gasteiger charge is -2.19. The Bertz CT molecular complexity index is 545. The zero-order chi connectivity index (χ0) is 25.3. The molecule has 9 heteroatoms. The van der Waals surface area contributed by atoms with Gasteiger partial charge in [0.2, 0.25) is 0 Å². The van der Waals surface area contributed by atoms with Crippen LogP contribution in [0.25, 0.3) is 0 Å². The first-order valence-electron chi connectivity index (χ1n) is 13.1. The van der Waals surface area contributed by atoms with Gasteiger partial charge in [-0.1, -0.05) is 76.9 Å². The number of phosphoric acid groups is 1. The molecule has 0 bridgehead atoms. The minimum absolute atomic E-state index is 0.0980. The van der Waals surface area contributed by atoms with Crippen molar-refractivity contribution in [2.75, 3.05) is 33.0 Å². The van der Waals surface area contributed by atoms with Crippen LogP contribution in [0.1, 0.15) is 104 Å². The number of hydrogen-bond acceptors (Lipinski definition) is 7. The smallest absolute Gasteiger partial charge is 0.458 e. The highest BCUT2D eigenvalue weighted by Crippen LogP contribution is 2.43. The van der Waals surface area contributed by atoms with E-state index in [1.54, 1.807) is 0 Å². The van der Waals surface area contributed by atoms with Gasteiger partial charge in [0.25, 0.3) is 0 Å². The Morgan fingerprint density at radius 2 is 1.41 bits per heavy atom. The average Bonchev–Trinajstić information content (AvgIpc) is 2.80. The zero-order valence-corrected chi connectivity index (χ0v) is 22.5. The van der Waals surface area contributed by atoms with Gasteiger partial charge in [-0.25, -0.2) is 4.57 Å². The Hall–Kier alpha value is -0.760. The topological polar surface area (TPSA) is 117 Å². The van der Waals surface area contributed by atoms with E-state index in [-0.39, 0.29) is 26.4 Å². The van der Waals surface area contributed by atoms with Gasteiger partial charge in [-0.15, -0.1) is 0 Å². The summed E-state index contributed by atoms with van der Waals surface area (Å²) in [6.07, 6.45) is 21.3. The molecule has 8 nitrogen and oxygen atoms in total. The van der Waals surface area contributed by atoms with Gasteiger partial charge in [-0.05, 0) is 32.1 Å². The van der Waals surface area contributed by atoms with E-state index in [0.29, 0.717) is 6.61 Å². The van der Waals surface area contributed by atoms with Crippen LogP contribution in [0.4, 0.5) is 0 Å². The van der Waals surface area contributed by atoms with Crippen LogP contribution in [-0.4, -0.2) is 49.9 Å². The van der Waals surface area contributed by atoms with Crippen LogP contribution in [0.15, 0.2) is 12.2 Å². The third-order valence-electron chi connectivity index (χ3n) is 5.23. The molecule has 3 N–H and O–H groups in total. The SMILES string of the molecule is CCCCCCCC/C=C\CCCCCCCCOCC(COP(=O)(O)OCCN)OC(C)=O. The van der Waals surface area contributed by atoms with Crippen molar-refractivity contribution in [1.29, 1.82) is 0 Å². The number of esters is 1. The maximum absolute atomic E-state index is 11.7. The van der Waals surface area contributed by atoms with Gasteiger partial charge in [0.15, 0.2) is 0 Å². The molecule has 0 saturated carbocycles. The van der Waals surface area contributed by atoms with Crippen molar-refractivity contribution in [2.24, 2.45) is 5.73 Å². The molecule has 0 aliphatic carbocycles. The first-order chi connectivity index (χ1) is 16.4. The van der Waals surface area contributed by atoms with Gasteiger partial charge < -0.3 is 20.1 Å². The summed E-state index contributed by atoms with van der Waals surface area (Å²) in [4.78, 5) is 20.8. The molecule has 0 spiro atoms. The number of phosphoric ester groups is 1. The van der Waals surface area contributed by atoms with Crippen molar-refractivity contribution in [2.45, 2.75) is 110 Å². The highest BCUT2D eigenvalue weighted by molar-refractivity contribution is 7.47. The van der Waals surface area contributed by atoms with Crippen molar-refractivity contribution >= 4 is 13.8 Å². The average molecular weight is 508 g/mol. The van der Waals surface area contributed by atoms with Crippen LogP contribution in [0, 0.1) is 0 Å². The molecule has 0 fully saturated rings. The molecule has 2 unspecified atom stereocenters. The molecule has 0 aromatic heterocycles. The second-order valence-electron chi connectivity index (χ2n) is 8.63. The quantitative estimate of drug-likeness (QED) is 0.0662. The predicted molar refractivity (Wildman–Crippen MR) is 137 cm³/mol. The Balaban J connectivity index is 3.64. The summed E-state index contributed by atoms with van der Waals surface area (Å²) in [7, 11) is -4.22. The van der Waals surface area contributed by atoms with E-state index in [1.165, 1.54) is 84.0 Å². The fraction of sp³-hybridized carbons (Fsp3) is 0.880. The van der Waals surface area contributed by atoms with E-state index in [4.69, 9.17) is 19.7 Å². The van der Waals surface area contributed by atoms with Crippen LogP contribution in [-0.2, 0) is 27.9 Å². The number of ether oxygens (including phenoxy) is 2. The lowest BCUT2D eigenvalue weighted by Crippen LogP contribution is -2.27. The Kier molecular flexibility index (Phi) is 23.4. The molecule has 0 heterocycles. The molecule has 0 aromatic rings. The summed E-state index contributed by atoms with van der Waals surface area (Å²) < 4.78 is 31.8. The monoisotopic (exact) mass is 507 g/mol. The van der Waals surface area contributed by atoms with Gasteiger partial charge >= 0.3 is 13.8 Å². The molecule has 0 amide bonds. The van der Waals surface area contributed by atoms with Crippen LogP contribution < -0.4 is 5.73 Å². The predicted octanol–water partition coefficient (Wildman–Crippen LogP) is 6.06. The zero-order valence-electron chi connectivity index (χ0n) is 21.6. The van der Waals surface area contributed by atoms with Crippen molar-refractivity contribution in [1.82, 2.24) is 0 Å². The summed E-state index contributed by atoms with van der Waals surface area (Å²) in [5.41, 5.74) is 5.23. The van der Waals surface area contributed by atoms with Crippen LogP contribution in [0.5, 0.6) is 0 Å². The van der Waals surface area contributed by atoms with Gasteiger partial charge in [-0.3, -0.25) is 13.8 Å². The van der Waals surface area contributed by atoms with E-state index in [0.717, 1.165) is 12.8 Å². The highest BCUT2D eigenvalue weighted by Gasteiger charge is 2.24. The molecule has 0 radical (unpaired) electrons. The minimum Gasteiger partial charge on any atom is -0.458 e. The molecular formula is C25H50NO7P. The fourth-order valence-electron chi connectivity index (χ4n) is 3.40. The molecular weight excluding hydrogens is 457 g/mol. The summed E-state index contributed by atoms with van der Waals surface area (Å²) in [5, 5.41) is 0. The number of carbonyl (C=O) groups excluding carboxylic acids is 1. The summed E-state index contributed by atoms with van der Waals surface area (Å²) in [6, 6.07) is 0. The van der Waals surface area contributed by atoms with Crippen LogP contribution in [0.3, 0.4) is 0 Å². The number of rotatable bonds is 25. The Morgan fingerprint density at radius 1 is 0.853 bits per heavy atom. The summed E-state index contributed by atoms with van der Waals surface area (Å²) in [5.74, 6) is -0.509. The number of nitrogens with two attached hydrogens (primary N) is 1. The van der Waals surface area contributed by atoms with E-state index >= 15 is 0 Å². The molecule has 0 rings (SSSR count). The molecule has 202 valence electrons. The van der Waals surface area contributed by atoms with E-state index in [9.17, 15) is 14.3 Å². The standard InChI is InChI=1S/C25H50NO7P/c1-3-4-5-6-7-8-9-10-11-12-13-14-15-16-17-18-20-30-22-25(33-24(2)27)23-32-34(28,29)31-21-19-26/h10-11,25H,3-9,12-23,26H2,1-2H3,(H,28,29)/b11-10-. The minimum atomic E-state index is -4.22. The maximum atomic E-state index is 11.7. The Morgan fingerprint density at radius 3 is 1.97 bits per heavy atom. The molecule has 2 atom stereocenters. The second kappa shape index (κ2) is 24.0. The van der Waals surface area contributed by atoms with Gasteiger partial charge in [-0.2, -0.15) is 0 Å². The molecule has 0 aromatic carbocycles. The first kappa shape index (κ1) is 33.2. The third-order valence-corrected chi connectivity index (χ3v) is 6.22. The van der Waals surface area contributed by atoms with E-state index in [1.807, 2.05) is 0 Å². The van der Waals surface area contributed by atoms with Gasteiger partial charge in [0, 0.05) is 20.1 Å². The van der Waals surface area contributed by atoms with E-state index < -0.39 is 19.9 Å². The lowest BCUT2D eigenvalue weighted by molar-refractivity contribution is -0.151. The second-order valence-corrected chi connectivity index (χ2v) is 10.1. The lowest BCUT2D eigenvalue weighted by atomic mass is 10.1. The normalized spacial score (nSPS) is 14.4. The largest absolute Gasteiger partial charge is 0.472 e. The molecule has 0 aliphatic rings. The molecule has 0 saturated heterocycles. The number of allylic oxidation sites excluding steroid dienone is 2. The van der Waals surface area contributed by atoms with Crippen molar-refractivity contribution in [3.63, 3.8) is 0 Å². The third kappa shape index (κ3) is 24.4. The number of carbonyl (C=O) groups is 1. The van der Waals surface area contributed by atoms with Gasteiger partial charge in [0.05, 0.1) is 19.8 Å². The first-order valence-corrected chi connectivity index (χ1v) is 14.6. The van der Waals surface area contributed by atoms with Crippen LogP contribution >= 0.6 is 7.82 Å². The summed E-state index contributed by atoms with van der Waals surface area (Å²) >= 11 is 0. The fourth-order valence-corrected chi connectivity index (χ4v) is 4.17. The van der Waals surface area contributed by atoms with Crippen molar-refractivity contribution in [3.05, 3.63) is 12.2 Å². The van der Waals surface area contributed by atoms with Crippen molar-refractivity contribution < 1.29 is 32.8 Å². The van der Waals surface area contributed by atoms with E-state index in [2.05, 4.69) is 23.6 Å². The summed E-state index contributed by atoms with van der Waals surface area (Å²) in [6.45, 7) is 3.87. The number of unbranched alkanes of at least 4 members (excludes halogenated alkanes) is 12. The molecule has 34 heavy (non-hydrogen) atoms. The molecule has 0 aliphatic heterocycles. The Labute approximate surface area is 207 Å². The van der Waals surface area contributed by atoms with Gasteiger partial charge in [0.1, 0.15) is 6.10 Å². The van der Waals surface area contributed by atoms with Crippen molar-refractivity contribution in [3.8, 4) is 0 Å². The highest BCUT2D eigenvalue weighted by atomic mass is 31.2.